The molecule has 0 aromatic heterocycles. The third kappa shape index (κ3) is 4.80. The Bertz CT molecular complexity index is 385. The molecular formula is C11H15BrN2O3. The third-order valence-electron chi connectivity index (χ3n) is 2.30. The van der Waals surface area contributed by atoms with E-state index in [9.17, 15) is 10.1 Å². The number of hydrogen-bond acceptors (Lipinski definition) is 4. The van der Waals surface area contributed by atoms with Crippen LogP contribution in [0.3, 0.4) is 0 Å². The van der Waals surface area contributed by atoms with Gasteiger partial charge in [-0.3, -0.25) is 10.1 Å². The Labute approximate surface area is 108 Å². The van der Waals surface area contributed by atoms with Gasteiger partial charge in [-0.25, -0.2) is 0 Å². The molecule has 0 aliphatic heterocycles. The van der Waals surface area contributed by atoms with Crippen LogP contribution in [0.25, 0.3) is 0 Å². The summed E-state index contributed by atoms with van der Waals surface area (Å²) in [5, 5.41) is 14.0. The van der Waals surface area contributed by atoms with Gasteiger partial charge in [0.25, 0.3) is 5.69 Å². The molecule has 0 saturated heterocycles. The number of rotatable bonds is 7. The second kappa shape index (κ2) is 7.37. The van der Waals surface area contributed by atoms with E-state index in [1.807, 2.05) is 6.07 Å². The number of benzene rings is 1. The zero-order chi connectivity index (χ0) is 12.7. The van der Waals surface area contributed by atoms with Crippen molar-refractivity contribution < 1.29 is 9.66 Å². The zero-order valence-electron chi connectivity index (χ0n) is 9.61. The van der Waals surface area contributed by atoms with E-state index in [2.05, 4.69) is 21.2 Å². The quantitative estimate of drug-likeness (QED) is 0.476. The predicted octanol–water partition coefficient (Wildman–Crippen LogP) is 2.14. The molecule has 1 aromatic carbocycles. The highest BCUT2D eigenvalue weighted by Crippen LogP contribution is 2.23. The van der Waals surface area contributed by atoms with Gasteiger partial charge in [0.1, 0.15) is 0 Å². The summed E-state index contributed by atoms with van der Waals surface area (Å²) >= 11 is 3.23. The molecule has 1 N–H and O–H groups in total. The van der Waals surface area contributed by atoms with Gasteiger partial charge in [-0.15, -0.1) is 0 Å². The molecule has 1 aromatic rings. The Morgan fingerprint density at radius 3 is 2.88 bits per heavy atom. The van der Waals surface area contributed by atoms with E-state index < -0.39 is 0 Å². The van der Waals surface area contributed by atoms with Gasteiger partial charge in [0.2, 0.25) is 0 Å². The molecular weight excluding hydrogens is 288 g/mol. The Balaban J connectivity index is 2.55. The number of nitrogens with one attached hydrogen (secondary N) is 1. The topological polar surface area (TPSA) is 64.4 Å². The maximum atomic E-state index is 10.9. The van der Waals surface area contributed by atoms with Crippen molar-refractivity contribution in [3.05, 3.63) is 38.3 Å². The summed E-state index contributed by atoms with van der Waals surface area (Å²) in [7, 11) is 1.64. The van der Waals surface area contributed by atoms with Crippen molar-refractivity contribution in [1.29, 1.82) is 0 Å². The fourth-order valence-electron chi connectivity index (χ4n) is 1.44. The fraction of sp³-hybridized carbons (Fsp3) is 0.455. The van der Waals surface area contributed by atoms with Gasteiger partial charge in [-0.1, -0.05) is 22.0 Å². The number of methoxy groups -OCH3 is 1. The lowest BCUT2D eigenvalue weighted by Crippen LogP contribution is -2.21. The number of hydrogen-bond donors (Lipinski definition) is 1. The summed E-state index contributed by atoms with van der Waals surface area (Å²) in [6.45, 7) is 2.09. The molecule has 5 nitrogen and oxygen atoms in total. The molecule has 0 aliphatic rings. The van der Waals surface area contributed by atoms with Crippen LogP contribution in [0, 0.1) is 10.1 Å². The highest BCUT2D eigenvalue weighted by molar-refractivity contribution is 9.10. The zero-order valence-corrected chi connectivity index (χ0v) is 11.2. The summed E-state index contributed by atoms with van der Waals surface area (Å²) < 4.78 is 5.62. The van der Waals surface area contributed by atoms with E-state index in [0.29, 0.717) is 19.6 Å². The normalized spacial score (nSPS) is 10.5. The SMILES string of the molecule is COCCNCCc1ccc(Br)cc1[N+](=O)[O-]. The molecule has 6 heteroatoms. The first-order valence-corrected chi connectivity index (χ1v) is 6.07. The molecule has 0 fully saturated rings. The van der Waals surface area contributed by atoms with E-state index >= 15 is 0 Å². The van der Waals surface area contributed by atoms with Gasteiger partial charge in [-0.2, -0.15) is 0 Å². The van der Waals surface area contributed by atoms with E-state index in [-0.39, 0.29) is 10.6 Å². The molecule has 1 rings (SSSR count). The molecule has 0 heterocycles. The van der Waals surface area contributed by atoms with Crippen molar-refractivity contribution in [2.24, 2.45) is 0 Å². The molecule has 0 unspecified atom stereocenters. The van der Waals surface area contributed by atoms with Crippen molar-refractivity contribution in [1.82, 2.24) is 5.32 Å². The first-order valence-electron chi connectivity index (χ1n) is 5.27. The Morgan fingerprint density at radius 1 is 1.47 bits per heavy atom. The second-order valence-corrected chi connectivity index (χ2v) is 4.44. The molecule has 0 spiro atoms. The monoisotopic (exact) mass is 302 g/mol. The van der Waals surface area contributed by atoms with Crippen molar-refractivity contribution in [2.75, 3.05) is 26.8 Å². The van der Waals surface area contributed by atoms with Crippen LogP contribution in [-0.2, 0) is 11.2 Å². The van der Waals surface area contributed by atoms with Crippen LogP contribution < -0.4 is 5.32 Å². The molecule has 0 bridgehead atoms. The molecule has 17 heavy (non-hydrogen) atoms. The molecule has 0 radical (unpaired) electrons. The van der Waals surface area contributed by atoms with E-state index in [0.717, 1.165) is 16.6 Å². The first-order chi connectivity index (χ1) is 8.15. The van der Waals surface area contributed by atoms with Crippen LogP contribution in [-0.4, -0.2) is 31.7 Å². The summed E-state index contributed by atoms with van der Waals surface area (Å²) in [5.41, 5.74) is 0.899. The average molecular weight is 303 g/mol. The molecule has 0 aliphatic carbocycles. The van der Waals surface area contributed by atoms with Crippen LogP contribution in [0.1, 0.15) is 5.56 Å². The number of halogens is 1. The highest BCUT2D eigenvalue weighted by Gasteiger charge is 2.13. The summed E-state index contributed by atoms with van der Waals surface area (Å²) in [6.07, 6.45) is 0.632. The van der Waals surface area contributed by atoms with Gasteiger partial charge in [0.15, 0.2) is 0 Å². The maximum Gasteiger partial charge on any atom is 0.273 e. The molecule has 0 amide bonds. The van der Waals surface area contributed by atoms with Crippen LogP contribution in [0.2, 0.25) is 0 Å². The Kier molecular flexibility index (Phi) is 6.10. The summed E-state index contributed by atoms with van der Waals surface area (Å²) in [4.78, 5) is 10.5. The standard InChI is InChI=1S/C11H15BrN2O3/c1-17-7-6-13-5-4-9-2-3-10(12)8-11(9)14(15)16/h2-3,8,13H,4-7H2,1H3. The van der Waals surface area contributed by atoms with Crippen LogP contribution >= 0.6 is 15.9 Å². The highest BCUT2D eigenvalue weighted by atomic mass is 79.9. The smallest absolute Gasteiger partial charge is 0.273 e. The minimum atomic E-state index is -0.352. The predicted molar refractivity (Wildman–Crippen MR) is 69.2 cm³/mol. The van der Waals surface area contributed by atoms with Crippen LogP contribution in [0.5, 0.6) is 0 Å². The molecule has 0 atom stereocenters. The lowest BCUT2D eigenvalue weighted by molar-refractivity contribution is -0.385. The summed E-state index contributed by atoms with van der Waals surface area (Å²) in [6, 6.07) is 5.13. The number of nitro groups is 1. The van der Waals surface area contributed by atoms with Crippen LogP contribution in [0.4, 0.5) is 5.69 Å². The van der Waals surface area contributed by atoms with Gasteiger partial charge < -0.3 is 10.1 Å². The lowest BCUT2D eigenvalue weighted by atomic mass is 10.1. The largest absolute Gasteiger partial charge is 0.383 e. The van der Waals surface area contributed by atoms with Crippen molar-refractivity contribution >= 4 is 21.6 Å². The van der Waals surface area contributed by atoms with Crippen molar-refractivity contribution in [2.45, 2.75) is 6.42 Å². The number of nitrogens with zero attached hydrogens (tertiary/aromatic N) is 1. The average Bonchev–Trinajstić information content (AvgIpc) is 2.30. The number of nitro benzene ring substituents is 1. The third-order valence-corrected chi connectivity index (χ3v) is 2.79. The van der Waals surface area contributed by atoms with Gasteiger partial charge in [0.05, 0.1) is 11.5 Å². The van der Waals surface area contributed by atoms with E-state index in [1.165, 1.54) is 6.07 Å². The first kappa shape index (κ1) is 14.1. The van der Waals surface area contributed by atoms with Crippen molar-refractivity contribution in [3.63, 3.8) is 0 Å². The van der Waals surface area contributed by atoms with Gasteiger partial charge in [0, 0.05) is 29.8 Å². The van der Waals surface area contributed by atoms with Crippen LogP contribution in [0.15, 0.2) is 22.7 Å². The lowest BCUT2D eigenvalue weighted by Gasteiger charge is -2.05. The Hall–Kier alpha value is -0.980. The number of ether oxygens (including phenoxy) is 1. The second-order valence-electron chi connectivity index (χ2n) is 3.52. The summed E-state index contributed by atoms with van der Waals surface area (Å²) in [5.74, 6) is 0. The van der Waals surface area contributed by atoms with E-state index in [1.54, 1.807) is 13.2 Å². The molecule has 0 saturated carbocycles. The Morgan fingerprint density at radius 2 is 2.24 bits per heavy atom. The maximum absolute atomic E-state index is 10.9. The molecule has 94 valence electrons. The van der Waals surface area contributed by atoms with Crippen molar-refractivity contribution in [3.8, 4) is 0 Å². The minimum absolute atomic E-state index is 0.160. The van der Waals surface area contributed by atoms with Gasteiger partial charge >= 0.3 is 0 Å². The fourth-order valence-corrected chi connectivity index (χ4v) is 1.79. The van der Waals surface area contributed by atoms with E-state index in [4.69, 9.17) is 4.74 Å². The van der Waals surface area contributed by atoms with Gasteiger partial charge in [-0.05, 0) is 19.0 Å². The minimum Gasteiger partial charge on any atom is -0.383 e.